The zero-order valence-corrected chi connectivity index (χ0v) is 22.3. The van der Waals surface area contributed by atoms with Gasteiger partial charge < -0.3 is 5.73 Å². The molecule has 0 fully saturated rings. The van der Waals surface area contributed by atoms with Gasteiger partial charge in [-0.1, -0.05) is 70.6 Å². The van der Waals surface area contributed by atoms with Gasteiger partial charge in [-0.05, 0) is 17.8 Å². The van der Waals surface area contributed by atoms with Gasteiger partial charge in [0.2, 0.25) is 0 Å². The summed E-state index contributed by atoms with van der Waals surface area (Å²) in [5.41, 5.74) is 9.83. The summed E-state index contributed by atoms with van der Waals surface area (Å²) >= 11 is 0. The topological polar surface area (TPSA) is 23.8 Å². The van der Waals surface area contributed by atoms with Crippen molar-refractivity contribution in [1.29, 1.82) is 0 Å². The molecular formula is C27H38NSiTi. The van der Waals surface area contributed by atoms with Gasteiger partial charge in [-0.3, -0.25) is 0 Å². The molecule has 1 aliphatic rings. The van der Waals surface area contributed by atoms with Crippen LogP contribution in [0.1, 0.15) is 34.1 Å². The molecular weight excluding hydrogens is 414 g/mol. The standard InChI is InChI=1S/C15H28NSi.2C6H5.Ti/c1-14(2,11-17(5)6)13(15(3,4)16)12-9-7-8-10-12;2*1-2-4-6-5-3-1;/h7-9,13,16-17H,10-11H2,1-6H3;2*1-5H;/q3*-1;+3. The zero-order chi connectivity index (χ0) is 21.8. The van der Waals surface area contributed by atoms with Crippen LogP contribution >= 0.6 is 0 Å². The van der Waals surface area contributed by atoms with E-state index in [4.69, 9.17) is 5.73 Å². The van der Waals surface area contributed by atoms with Crippen LogP contribution in [0.15, 0.2) is 84.5 Å². The van der Waals surface area contributed by atoms with Crippen LogP contribution in [0.25, 0.3) is 5.73 Å². The number of nitrogens with one attached hydrogen (secondary N) is 1. The predicted octanol–water partition coefficient (Wildman–Crippen LogP) is 7.80. The average molecular weight is 453 g/mol. The molecule has 1 aliphatic carbocycles. The van der Waals surface area contributed by atoms with Crippen molar-refractivity contribution in [1.82, 2.24) is 0 Å². The van der Waals surface area contributed by atoms with Crippen LogP contribution in [0.2, 0.25) is 19.1 Å². The molecule has 0 aromatic heterocycles. The minimum atomic E-state index is -0.597. The summed E-state index contributed by atoms with van der Waals surface area (Å²) in [6.45, 7) is 13.7. The number of hydrogen-bond acceptors (Lipinski definition) is 0. The maximum atomic E-state index is 8.50. The third kappa shape index (κ3) is 11.9. The summed E-state index contributed by atoms with van der Waals surface area (Å²) in [6.07, 6.45) is 7.66. The third-order valence-electron chi connectivity index (χ3n) is 4.82. The molecule has 0 aliphatic heterocycles. The minimum Gasteiger partial charge on any atom is -0.672 e. The van der Waals surface area contributed by atoms with Crippen LogP contribution in [0, 0.1) is 23.5 Å². The maximum Gasteiger partial charge on any atom is 3.00 e. The van der Waals surface area contributed by atoms with Gasteiger partial charge in [-0.2, -0.15) is 72.8 Å². The van der Waals surface area contributed by atoms with Gasteiger partial charge in [-0.25, -0.2) is 0 Å². The van der Waals surface area contributed by atoms with Crippen LogP contribution in [0.4, 0.5) is 0 Å². The van der Waals surface area contributed by atoms with Gasteiger partial charge in [0, 0.05) is 8.80 Å². The van der Waals surface area contributed by atoms with E-state index < -0.39 is 8.80 Å². The normalized spacial score (nSPS) is 13.8. The molecule has 159 valence electrons. The molecule has 0 saturated carbocycles. The Hall–Kier alpha value is -1.19. The van der Waals surface area contributed by atoms with Crippen molar-refractivity contribution < 1.29 is 21.7 Å². The fraction of sp³-hybridized carbons (Fsp3) is 0.407. The van der Waals surface area contributed by atoms with Crippen molar-refractivity contribution in [2.75, 3.05) is 0 Å². The van der Waals surface area contributed by atoms with Gasteiger partial charge in [-0.15, -0.1) is 5.54 Å². The molecule has 1 atom stereocenters. The van der Waals surface area contributed by atoms with E-state index in [2.05, 4.69) is 71.1 Å². The second-order valence-electron chi connectivity index (χ2n) is 9.27. The first kappa shape index (κ1) is 28.8. The molecule has 0 saturated heterocycles. The van der Waals surface area contributed by atoms with E-state index in [0.29, 0.717) is 5.92 Å². The van der Waals surface area contributed by atoms with Gasteiger partial charge in [0.05, 0.1) is 0 Å². The van der Waals surface area contributed by atoms with Crippen LogP contribution in [0.3, 0.4) is 0 Å². The summed E-state index contributed by atoms with van der Waals surface area (Å²) in [4.78, 5) is 0. The van der Waals surface area contributed by atoms with Gasteiger partial charge in [0.25, 0.3) is 0 Å². The molecule has 30 heavy (non-hydrogen) atoms. The first-order valence-electron chi connectivity index (χ1n) is 10.6. The Labute approximate surface area is 202 Å². The maximum absolute atomic E-state index is 8.50. The second kappa shape index (κ2) is 14.8. The smallest absolute Gasteiger partial charge is 0.672 e. The van der Waals surface area contributed by atoms with Gasteiger partial charge >= 0.3 is 21.7 Å². The molecule has 0 spiro atoms. The quantitative estimate of drug-likeness (QED) is 0.326. The van der Waals surface area contributed by atoms with Crippen molar-refractivity contribution in [3.05, 3.63) is 102 Å². The summed E-state index contributed by atoms with van der Waals surface area (Å²) in [6, 6.07) is 26.3. The summed E-state index contributed by atoms with van der Waals surface area (Å²) < 4.78 is 0. The molecule has 1 nitrogen and oxygen atoms in total. The largest absolute Gasteiger partial charge is 3.00 e. The molecule has 1 radical (unpaired) electrons. The third-order valence-corrected chi connectivity index (χ3v) is 6.69. The minimum absolute atomic E-state index is 0. The van der Waals surface area contributed by atoms with Crippen LogP contribution in [-0.2, 0) is 21.7 Å². The first-order valence-corrected chi connectivity index (χ1v) is 13.7. The Morgan fingerprint density at radius 3 is 1.60 bits per heavy atom. The van der Waals surface area contributed by atoms with Crippen LogP contribution < -0.4 is 0 Å². The van der Waals surface area contributed by atoms with Crippen molar-refractivity contribution in [3.8, 4) is 0 Å². The Morgan fingerprint density at radius 1 is 0.900 bits per heavy atom. The van der Waals surface area contributed by atoms with E-state index in [0.717, 1.165) is 6.42 Å². The zero-order valence-electron chi connectivity index (χ0n) is 19.6. The Bertz CT molecular complexity index is 631. The van der Waals surface area contributed by atoms with E-state index in [1.807, 2.05) is 60.7 Å². The van der Waals surface area contributed by atoms with Crippen LogP contribution in [0.5, 0.6) is 0 Å². The SMILES string of the molecule is C[SiH](C)CC(C)(C)C(C1=CC=CC1)C(C)(C)[NH-].[Ti+3].[c-]1ccccc1.[c-]1ccccc1. The first-order chi connectivity index (χ1) is 13.6. The monoisotopic (exact) mass is 452 g/mol. The fourth-order valence-electron chi connectivity index (χ4n) is 4.47. The second-order valence-corrected chi connectivity index (χ2v) is 12.5. The van der Waals surface area contributed by atoms with E-state index in [-0.39, 0.29) is 32.7 Å². The predicted molar refractivity (Wildman–Crippen MR) is 132 cm³/mol. The number of allylic oxidation sites excluding steroid dienone is 3. The molecule has 2 aromatic carbocycles. The number of benzene rings is 2. The van der Waals surface area contributed by atoms with E-state index in [1.54, 1.807) is 0 Å². The number of hydrogen-bond donors (Lipinski definition) is 0. The van der Waals surface area contributed by atoms with Gasteiger partial charge in [0.15, 0.2) is 0 Å². The Kier molecular flexibility index (Phi) is 14.2. The van der Waals surface area contributed by atoms with Crippen molar-refractivity contribution in [2.24, 2.45) is 11.3 Å². The molecule has 0 amide bonds. The van der Waals surface area contributed by atoms with E-state index in [1.165, 1.54) is 11.6 Å². The molecule has 0 heterocycles. The van der Waals surface area contributed by atoms with E-state index >= 15 is 0 Å². The average Bonchev–Trinajstić information content (AvgIpc) is 3.16. The molecule has 3 rings (SSSR count). The molecule has 0 bridgehead atoms. The molecule has 1 N–H and O–H groups in total. The number of rotatable bonds is 5. The van der Waals surface area contributed by atoms with E-state index in [9.17, 15) is 0 Å². The Balaban J connectivity index is 0.000000524. The van der Waals surface area contributed by atoms with Crippen LogP contribution in [-0.4, -0.2) is 14.3 Å². The molecule has 2 aromatic rings. The van der Waals surface area contributed by atoms with Crippen molar-refractivity contribution in [2.45, 2.75) is 58.8 Å². The van der Waals surface area contributed by atoms with Crippen molar-refractivity contribution >= 4 is 8.80 Å². The summed E-state index contributed by atoms with van der Waals surface area (Å²) in [5, 5.41) is 0. The Morgan fingerprint density at radius 2 is 1.37 bits per heavy atom. The molecule has 1 unspecified atom stereocenters. The summed E-state index contributed by atoms with van der Waals surface area (Å²) in [5.74, 6) is 0.375. The fourth-order valence-corrected chi connectivity index (χ4v) is 6.81. The van der Waals surface area contributed by atoms with Crippen molar-refractivity contribution in [3.63, 3.8) is 0 Å². The summed E-state index contributed by atoms with van der Waals surface area (Å²) in [7, 11) is -0.597. The van der Waals surface area contributed by atoms with Gasteiger partial charge in [0.1, 0.15) is 0 Å². The molecule has 3 heteroatoms.